The van der Waals surface area contributed by atoms with Gasteiger partial charge in [0.1, 0.15) is 18.1 Å². The smallest absolute Gasteiger partial charge is 0.281 e. The summed E-state index contributed by atoms with van der Waals surface area (Å²) in [5.41, 5.74) is 8.17. The molecule has 0 bridgehead atoms. The van der Waals surface area contributed by atoms with Gasteiger partial charge in [0.05, 0.1) is 4.90 Å². The van der Waals surface area contributed by atoms with Crippen LogP contribution in [-0.2, 0) is 23.2 Å². The maximum absolute atomic E-state index is 12.5. The summed E-state index contributed by atoms with van der Waals surface area (Å²) in [7, 11) is -4.00. The Morgan fingerprint density at radius 2 is 1.68 bits per heavy atom. The molecule has 4 N–H and O–H groups in total. The molecule has 0 aliphatic carbocycles. The molecule has 4 aromatic rings. The lowest BCUT2D eigenvalue weighted by Crippen LogP contribution is -2.30. The van der Waals surface area contributed by atoms with Gasteiger partial charge in [0.2, 0.25) is 0 Å². The summed E-state index contributed by atoms with van der Waals surface area (Å²) in [5.74, 6) is -0.108. The van der Waals surface area contributed by atoms with Gasteiger partial charge in [-0.2, -0.15) is 0 Å². The molecular weight excluding hydrogens is 414 g/mol. The lowest BCUT2D eigenvalue weighted by molar-refractivity contribution is 0.0977. The number of rotatable bonds is 7. The second kappa shape index (κ2) is 8.63. The molecule has 31 heavy (non-hydrogen) atoms. The number of nitrogens with one attached hydrogen (secondary N) is 2. The number of aromatic amines is 1. The van der Waals surface area contributed by atoms with Crippen molar-refractivity contribution in [1.29, 1.82) is 0 Å². The summed E-state index contributed by atoms with van der Waals surface area (Å²) in [4.78, 5) is 15.5. The van der Waals surface area contributed by atoms with Gasteiger partial charge < -0.3 is 15.5 Å². The molecule has 0 saturated heterocycles. The van der Waals surface area contributed by atoms with Crippen molar-refractivity contribution in [2.75, 3.05) is 0 Å². The van der Waals surface area contributed by atoms with Crippen LogP contribution >= 0.6 is 0 Å². The molecule has 158 valence electrons. The van der Waals surface area contributed by atoms with Gasteiger partial charge in [0.25, 0.3) is 15.9 Å². The van der Waals surface area contributed by atoms with E-state index in [0.29, 0.717) is 24.4 Å². The third-order valence-corrected chi connectivity index (χ3v) is 6.13. The molecule has 0 saturated carbocycles. The van der Waals surface area contributed by atoms with Crippen molar-refractivity contribution in [3.05, 3.63) is 95.7 Å². The van der Waals surface area contributed by atoms with Crippen molar-refractivity contribution in [3.8, 4) is 5.75 Å². The summed E-state index contributed by atoms with van der Waals surface area (Å²) in [5, 5.41) is 0.766. The number of hydrogen-bond acceptors (Lipinski definition) is 5. The number of ether oxygens (including phenoxy) is 1. The topological polar surface area (TPSA) is 114 Å². The standard InChI is InChI=1S/C23H21N3O4S/c24-14-16-6-10-20(11-7-16)31(28,29)26-23(27)22-12-18-8-9-19(13-21(18)25-22)30-15-17-4-2-1-3-5-17/h1-13,25H,14-15,24H2,(H,26,27). The van der Waals surface area contributed by atoms with Gasteiger partial charge in [-0.05, 0) is 41.5 Å². The first-order chi connectivity index (χ1) is 14.9. The molecule has 0 spiro atoms. The van der Waals surface area contributed by atoms with Crippen LogP contribution in [0.1, 0.15) is 21.6 Å². The molecule has 3 aromatic carbocycles. The van der Waals surface area contributed by atoms with Crippen LogP contribution in [0.4, 0.5) is 0 Å². The van der Waals surface area contributed by atoms with E-state index in [4.69, 9.17) is 10.5 Å². The number of hydrogen-bond donors (Lipinski definition) is 3. The summed E-state index contributed by atoms with van der Waals surface area (Å²) in [6.07, 6.45) is 0. The summed E-state index contributed by atoms with van der Waals surface area (Å²) in [6.45, 7) is 0.723. The normalized spacial score (nSPS) is 11.4. The quantitative estimate of drug-likeness (QED) is 0.412. The average Bonchev–Trinajstić information content (AvgIpc) is 3.22. The van der Waals surface area contributed by atoms with Gasteiger partial charge in [-0.3, -0.25) is 4.79 Å². The Bertz CT molecular complexity index is 1310. The highest BCUT2D eigenvalue weighted by Crippen LogP contribution is 2.23. The Kier molecular flexibility index (Phi) is 5.75. The molecule has 0 unspecified atom stereocenters. The van der Waals surface area contributed by atoms with Crippen LogP contribution in [0.5, 0.6) is 5.75 Å². The molecule has 0 radical (unpaired) electrons. The molecular formula is C23H21N3O4S. The number of carbonyl (C=O) groups excluding carboxylic acids is 1. The number of fused-ring (bicyclic) bond motifs is 1. The van der Waals surface area contributed by atoms with Gasteiger partial charge in [0.15, 0.2) is 0 Å². The van der Waals surface area contributed by atoms with Crippen molar-refractivity contribution in [2.45, 2.75) is 18.0 Å². The number of H-pyrrole nitrogens is 1. The number of nitrogens with two attached hydrogens (primary N) is 1. The highest BCUT2D eigenvalue weighted by atomic mass is 32.2. The second-order valence-electron chi connectivity index (χ2n) is 6.99. The molecule has 0 aliphatic rings. The van der Waals surface area contributed by atoms with Gasteiger partial charge in [-0.1, -0.05) is 42.5 Å². The molecule has 0 atom stereocenters. The predicted octanol–water partition coefficient (Wildman–Crippen LogP) is 3.32. The molecule has 1 aromatic heterocycles. The fourth-order valence-corrected chi connectivity index (χ4v) is 4.07. The van der Waals surface area contributed by atoms with Crippen LogP contribution in [-0.4, -0.2) is 19.3 Å². The monoisotopic (exact) mass is 435 g/mol. The molecule has 0 fully saturated rings. The largest absolute Gasteiger partial charge is 0.489 e. The third-order valence-electron chi connectivity index (χ3n) is 4.78. The minimum absolute atomic E-state index is 0.00856. The molecule has 8 heteroatoms. The van der Waals surface area contributed by atoms with E-state index >= 15 is 0 Å². The van der Waals surface area contributed by atoms with E-state index in [1.54, 1.807) is 30.3 Å². The van der Waals surface area contributed by atoms with Crippen molar-refractivity contribution < 1.29 is 17.9 Å². The SMILES string of the molecule is NCc1ccc(S(=O)(=O)NC(=O)c2cc3ccc(OCc4ccccc4)cc3[nH]2)cc1. The summed E-state index contributed by atoms with van der Waals surface area (Å²) >= 11 is 0. The minimum atomic E-state index is -4.00. The molecule has 4 rings (SSSR count). The number of amides is 1. The highest BCUT2D eigenvalue weighted by Gasteiger charge is 2.20. The van der Waals surface area contributed by atoms with E-state index in [-0.39, 0.29) is 10.6 Å². The second-order valence-corrected chi connectivity index (χ2v) is 8.67. The van der Waals surface area contributed by atoms with Crippen LogP contribution < -0.4 is 15.2 Å². The van der Waals surface area contributed by atoms with Crippen molar-refractivity contribution in [2.24, 2.45) is 5.73 Å². The Morgan fingerprint density at radius 3 is 2.39 bits per heavy atom. The number of benzene rings is 3. The van der Waals surface area contributed by atoms with E-state index in [2.05, 4.69) is 9.71 Å². The Balaban J connectivity index is 1.48. The van der Waals surface area contributed by atoms with Crippen LogP contribution in [0, 0.1) is 0 Å². The van der Waals surface area contributed by atoms with Crippen molar-refractivity contribution >= 4 is 26.8 Å². The minimum Gasteiger partial charge on any atom is -0.489 e. The Labute approximate surface area is 179 Å². The van der Waals surface area contributed by atoms with Gasteiger partial charge in [-0.15, -0.1) is 0 Å². The van der Waals surface area contributed by atoms with Gasteiger partial charge in [0, 0.05) is 23.5 Å². The van der Waals surface area contributed by atoms with Gasteiger partial charge in [-0.25, -0.2) is 13.1 Å². The molecule has 1 heterocycles. The highest BCUT2D eigenvalue weighted by molar-refractivity contribution is 7.90. The number of sulfonamides is 1. The lowest BCUT2D eigenvalue weighted by Gasteiger charge is -2.06. The molecule has 1 amide bonds. The number of carbonyl (C=O) groups is 1. The zero-order valence-electron chi connectivity index (χ0n) is 16.5. The predicted molar refractivity (Wildman–Crippen MR) is 118 cm³/mol. The van der Waals surface area contributed by atoms with E-state index in [9.17, 15) is 13.2 Å². The van der Waals surface area contributed by atoms with Crippen molar-refractivity contribution in [1.82, 2.24) is 9.71 Å². The number of aromatic nitrogens is 1. The van der Waals surface area contributed by atoms with E-state index in [1.807, 2.05) is 36.4 Å². The lowest BCUT2D eigenvalue weighted by atomic mass is 10.2. The van der Waals surface area contributed by atoms with E-state index < -0.39 is 15.9 Å². The zero-order chi connectivity index (χ0) is 21.8. The Morgan fingerprint density at radius 1 is 0.935 bits per heavy atom. The van der Waals surface area contributed by atoms with Crippen molar-refractivity contribution in [3.63, 3.8) is 0 Å². The molecule has 7 nitrogen and oxygen atoms in total. The zero-order valence-corrected chi connectivity index (χ0v) is 17.4. The average molecular weight is 436 g/mol. The van der Waals surface area contributed by atoms with Gasteiger partial charge >= 0.3 is 0 Å². The first-order valence-corrected chi connectivity index (χ1v) is 11.1. The summed E-state index contributed by atoms with van der Waals surface area (Å²) in [6, 6.07) is 22.8. The van der Waals surface area contributed by atoms with Crippen LogP contribution in [0.2, 0.25) is 0 Å². The maximum atomic E-state index is 12.5. The maximum Gasteiger partial charge on any atom is 0.281 e. The third kappa shape index (κ3) is 4.76. The van der Waals surface area contributed by atoms with E-state index in [0.717, 1.165) is 16.5 Å². The Hall–Kier alpha value is -3.62. The molecule has 0 aliphatic heterocycles. The van der Waals surface area contributed by atoms with Crippen LogP contribution in [0.15, 0.2) is 83.8 Å². The fourth-order valence-electron chi connectivity index (χ4n) is 3.10. The fraction of sp³-hybridized carbons (Fsp3) is 0.0870. The van der Waals surface area contributed by atoms with Crippen LogP contribution in [0.25, 0.3) is 10.9 Å². The first kappa shape index (κ1) is 20.6. The van der Waals surface area contributed by atoms with E-state index in [1.165, 1.54) is 12.1 Å². The van der Waals surface area contributed by atoms with Crippen LogP contribution in [0.3, 0.4) is 0 Å². The first-order valence-electron chi connectivity index (χ1n) is 9.60. The summed E-state index contributed by atoms with van der Waals surface area (Å²) < 4.78 is 32.9.